The maximum atomic E-state index is 12.3. The number of carbonyl (C=O) groups is 1. The van der Waals surface area contributed by atoms with Gasteiger partial charge in [-0.25, -0.2) is 9.78 Å². The lowest BCUT2D eigenvalue weighted by Crippen LogP contribution is -2.08. The highest BCUT2D eigenvalue weighted by molar-refractivity contribution is 5.96. The number of benzene rings is 3. The van der Waals surface area contributed by atoms with Gasteiger partial charge in [-0.3, -0.25) is 0 Å². The van der Waals surface area contributed by atoms with Gasteiger partial charge in [0, 0.05) is 11.9 Å². The lowest BCUT2D eigenvalue weighted by atomic mass is 10.0. The molecule has 0 bridgehead atoms. The fraction of sp³-hybridized carbons (Fsp3) is 0.154. The molecule has 0 aliphatic heterocycles. The number of anilines is 2. The molecule has 0 radical (unpaired) electrons. The van der Waals surface area contributed by atoms with E-state index in [9.17, 15) is 4.79 Å². The van der Waals surface area contributed by atoms with Crippen LogP contribution in [-0.2, 0) is 4.74 Å². The molecule has 1 aliphatic carbocycles. The third-order valence-corrected chi connectivity index (χ3v) is 5.57. The molecule has 0 unspecified atom stereocenters. The zero-order valence-electron chi connectivity index (χ0n) is 16.8. The third-order valence-electron chi connectivity index (χ3n) is 5.57. The number of ether oxygens (including phenoxy) is 1. The Hall–Kier alpha value is -3.66. The Balaban J connectivity index is 1.46. The SMILES string of the molecule is COC(=O)c1cc(C2CC2)cnc1Nc1ccc2cc(-c3ccccc3)ccc2c1. The fourth-order valence-corrected chi connectivity index (χ4v) is 3.76. The predicted molar refractivity (Wildman–Crippen MR) is 120 cm³/mol. The zero-order chi connectivity index (χ0) is 20.5. The van der Waals surface area contributed by atoms with Crippen LogP contribution < -0.4 is 5.32 Å². The number of hydrogen-bond acceptors (Lipinski definition) is 4. The van der Waals surface area contributed by atoms with Crippen molar-refractivity contribution >= 4 is 28.2 Å². The number of aromatic nitrogens is 1. The zero-order valence-corrected chi connectivity index (χ0v) is 16.8. The molecule has 30 heavy (non-hydrogen) atoms. The molecule has 1 aromatic heterocycles. The van der Waals surface area contributed by atoms with Crippen molar-refractivity contribution in [2.24, 2.45) is 0 Å². The van der Waals surface area contributed by atoms with Crippen LogP contribution in [0.4, 0.5) is 11.5 Å². The van der Waals surface area contributed by atoms with Crippen LogP contribution in [0.25, 0.3) is 21.9 Å². The largest absolute Gasteiger partial charge is 0.465 e. The van der Waals surface area contributed by atoms with Crippen molar-refractivity contribution < 1.29 is 9.53 Å². The molecule has 0 atom stereocenters. The van der Waals surface area contributed by atoms with Gasteiger partial charge >= 0.3 is 5.97 Å². The summed E-state index contributed by atoms with van der Waals surface area (Å²) in [6, 6.07) is 24.9. The Bertz CT molecular complexity index is 1230. The van der Waals surface area contributed by atoms with Crippen molar-refractivity contribution in [2.75, 3.05) is 12.4 Å². The number of methoxy groups -OCH3 is 1. The summed E-state index contributed by atoms with van der Waals surface area (Å²) in [5.41, 5.74) is 4.85. The number of pyridine rings is 1. The van der Waals surface area contributed by atoms with Crippen molar-refractivity contribution in [3.63, 3.8) is 0 Å². The highest BCUT2D eigenvalue weighted by atomic mass is 16.5. The van der Waals surface area contributed by atoms with Crippen LogP contribution in [0.2, 0.25) is 0 Å². The van der Waals surface area contributed by atoms with E-state index in [4.69, 9.17) is 4.74 Å². The number of hydrogen-bond donors (Lipinski definition) is 1. The number of rotatable bonds is 5. The van der Waals surface area contributed by atoms with Crippen LogP contribution in [-0.4, -0.2) is 18.1 Å². The van der Waals surface area contributed by atoms with E-state index in [0.717, 1.165) is 34.9 Å². The van der Waals surface area contributed by atoms with E-state index >= 15 is 0 Å². The predicted octanol–water partition coefficient (Wildman–Crippen LogP) is 6.31. The second-order valence-electron chi connectivity index (χ2n) is 7.70. The molecule has 0 spiro atoms. The Labute approximate surface area is 175 Å². The number of carbonyl (C=O) groups excluding carboxylic acids is 1. The Kier molecular flexibility index (Phi) is 4.68. The van der Waals surface area contributed by atoms with Gasteiger partial charge in [-0.05, 0) is 70.5 Å². The van der Waals surface area contributed by atoms with Crippen LogP contribution in [0, 0.1) is 0 Å². The Morgan fingerprint density at radius 1 is 0.933 bits per heavy atom. The van der Waals surface area contributed by atoms with Gasteiger partial charge in [-0.1, -0.05) is 48.5 Å². The fourth-order valence-electron chi connectivity index (χ4n) is 3.76. The summed E-state index contributed by atoms with van der Waals surface area (Å²) >= 11 is 0. The summed E-state index contributed by atoms with van der Waals surface area (Å²) < 4.78 is 4.98. The molecule has 4 heteroatoms. The van der Waals surface area contributed by atoms with Crippen LogP contribution in [0.3, 0.4) is 0 Å². The average molecular weight is 394 g/mol. The van der Waals surface area contributed by atoms with E-state index in [1.165, 1.54) is 18.2 Å². The van der Waals surface area contributed by atoms with E-state index in [1.54, 1.807) is 0 Å². The molecule has 5 rings (SSSR count). The minimum absolute atomic E-state index is 0.374. The average Bonchev–Trinajstić information content (AvgIpc) is 3.64. The number of esters is 1. The first-order chi connectivity index (χ1) is 14.7. The van der Waals surface area contributed by atoms with E-state index < -0.39 is 0 Å². The van der Waals surface area contributed by atoms with Crippen LogP contribution in [0.5, 0.6) is 0 Å². The van der Waals surface area contributed by atoms with Gasteiger partial charge in [-0.15, -0.1) is 0 Å². The molecular formula is C26H22N2O2. The first-order valence-corrected chi connectivity index (χ1v) is 10.2. The number of fused-ring (bicyclic) bond motifs is 1. The molecule has 3 aromatic carbocycles. The summed E-state index contributed by atoms with van der Waals surface area (Å²) in [6.07, 6.45) is 4.18. The van der Waals surface area contributed by atoms with Crippen LogP contribution in [0.15, 0.2) is 79.0 Å². The van der Waals surface area contributed by atoms with Crippen molar-refractivity contribution in [3.05, 3.63) is 90.1 Å². The van der Waals surface area contributed by atoms with Gasteiger partial charge in [0.2, 0.25) is 0 Å². The number of nitrogens with one attached hydrogen (secondary N) is 1. The van der Waals surface area contributed by atoms with E-state index in [1.807, 2.05) is 36.5 Å². The van der Waals surface area contributed by atoms with Gasteiger partial charge in [0.05, 0.1) is 7.11 Å². The molecule has 0 saturated heterocycles. The van der Waals surface area contributed by atoms with Crippen molar-refractivity contribution in [2.45, 2.75) is 18.8 Å². The second-order valence-corrected chi connectivity index (χ2v) is 7.70. The van der Waals surface area contributed by atoms with E-state index in [2.05, 4.69) is 52.8 Å². The molecule has 148 valence electrons. The summed E-state index contributed by atoms with van der Waals surface area (Å²) in [5, 5.41) is 5.58. The highest BCUT2D eigenvalue weighted by Crippen LogP contribution is 2.40. The van der Waals surface area contributed by atoms with Crippen molar-refractivity contribution in [3.8, 4) is 11.1 Å². The van der Waals surface area contributed by atoms with E-state index in [-0.39, 0.29) is 5.97 Å². The van der Waals surface area contributed by atoms with E-state index in [0.29, 0.717) is 17.3 Å². The smallest absolute Gasteiger partial charge is 0.341 e. The van der Waals surface area contributed by atoms with Gasteiger partial charge in [0.1, 0.15) is 11.4 Å². The topological polar surface area (TPSA) is 51.2 Å². The second kappa shape index (κ2) is 7.64. The number of nitrogens with zero attached hydrogens (tertiary/aromatic N) is 1. The standard InChI is InChI=1S/C26H22N2O2/c1-30-26(29)24-15-22(18-7-8-18)16-27-25(24)28-23-12-11-20-13-19(9-10-21(20)14-23)17-5-3-2-4-6-17/h2-6,9-16,18H,7-8H2,1H3,(H,27,28). The molecule has 0 amide bonds. The highest BCUT2D eigenvalue weighted by Gasteiger charge is 2.26. The lowest BCUT2D eigenvalue weighted by molar-refractivity contribution is 0.0601. The molecular weight excluding hydrogens is 372 g/mol. The quantitative estimate of drug-likeness (QED) is 0.403. The molecule has 4 nitrogen and oxygen atoms in total. The van der Waals surface area contributed by atoms with Crippen LogP contribution in [0.1, 0.15) is 34.7 Å². The summed E-state index contributed by atoms with van der Waals surface area (Å²) in [6.45, 7) is 0. The normalized spacial score (nSPS) is 13.2. The first-order valence-electron chi connectivity index (χ1n) is 10.2. The van der Waals surface area contributed by atoms with Gasteiger partial charge in [-0.2, -0.15) is 0 Å². The minimum Gasteiger partial charge on any atom is -0.465 e. The van der Waals surface area contributed by atoms with Gasteiger partial charge in [0.25, 0.3) is 0 Å². The first kappa shape index (κ1) is 18.4. The third kappa shape index (κ3) is 3.64. The summed E-state index contributed by atoms with van der Waals surface area (Å²) in [7, 11) is 1.40. The monoisotopic (exact) mass is 394 g/mol. The Morgan fingerprint density at radius 2 is 1.70 bits per heavy atom. The van der Waals surface area contributed by atoms with Gasteiger partial charge < -0.3 is 10.1 Å². The lowest BCUT2D eigenvalue weighted by Gasteiger charge is -2.12. The van der Waals surface area contributed by atoms with Crippen molar-refractivity contribution in [1.29, 1.82) is 0 Å². The van der Waals surface area contributed by atoms with Crippen molar-refractivity contribution in [1.82, 2.24) is 4.98 Å². The maximum Gasteiger partial charge on any atom is 0.341 e. The molecule has 1 fully saturated rings. The summed E-state index contributed by atoms with van der Waals surface area (Å²) in [5.74, 6) is 0.668. The molecule has 1 heterocycles. The maximum absolute atomic E-state index is 12.3. The molecule has 4 aromatic rings. The molecule has 1 N–H and O–H groups in total. The molecule has 1 aliphatic rings. The van der Waals surface area contributed by atoms with Gasteiger partial charge in [0.15, 0.2) is 0 Å². The minimum atomic E-state index is -0.374. The molecule has 1 saturated carbocycles. The summed E-state index contributed by atoms with van der Waals surface area (Å²) in [4.78, 5) is 16.8. The Morgan fingerprint density at radius 3 is 2.47 bits per heavy atom. The van der Waals surface area contributed by atoms with Crippen LogP contribution >= 0.6 is 0 Å².